The number of carbonyl (C=O) groups is 2. The molecular formula is C21H25F6N3O6. The molecule has 1 aliphatic carbocycles. The molecular weight excluding hydrogens is 504 g/mol. The molecule has 0 saturated heterocycles. The second-order valence-electron chi connectivity index (χ2n) is 8.13. The van der Waals surface area contributed by atoms with Crippen LogP contribution in [0.5, 0.6) is 0 Å². The second-order valence-corrected chi connectivity index (χ2v) is 8.13. The number of hydrogen-bond donors (Lipinski definition) is 2. The quantitative estimate of drug-likeness (QED) is 0.543. The number of carboxylic acid groups (broad SMARTS) is 2. The lowest BCUT2D eigenvalue weighted by Crippen LogP contribution is -2.38. The second kappa shape index (κ2) is 12.3. The maximum atomic E-state index is 10.6. The Morgan fingerprint density at radius 3 is 2.17 bits per heavy atom. The van der Waals surface area contributed by atoms with Gasteiger partial charge in [0.2, 0.25) is 0 Å². The van der Waals surface area contributed by atoms with Gasteiger partial charge in [0.25, 0.3) is 0 Å². The molecule has 2 aromatic heterocycles. The lowest BCUT2D eigenvalue weighted by Gasteiger charge is -2.35. The summed E-state index contributed by atoms with van der Waals surface area (Å²) >= 11 is 0. The molecule has 9 nitrogen and oxygen atoms in total. The van der Waals surface area contributed by atoms with Crippen molar-refractivity contribution in [3.63, 3.8) is 0 Å². The molecule has 202 valence electrons. The van der Waals surface area contributed by atoms with Gasteiger partial charge in [0.05, 0.1) is 37.1 Å². The maximum Gasteiger partial charge on any atom is 0.490 e. The summed E-state index contributed by atoms with van der Waals surface area (Å²) in [6.07, 6.45) is -0.854. The van der Waals surface area contributed by atoms with Crippen molar-refractivity contribution in [1.29, 1.82) is 0 Å². The van der Waals surface area contributed by atoms with E-state index in [-0.39, 0.29) is 6.04 Å². The van der Waals surface area contributed by atoms with Gasteiger partial charge in [-0.1, -0.05) is 0 Å². The molecule has 4 rings (SSSR count). The van der Waals surface area contributed by atoms with Gasteiger partial charge in [0.15, 0.2) is 0 Å². The Hall–Kier alpha value is -3.07. The Bertz CT molecular complexity index is 961. The average molecular weight is 529 g/mol. The van der Waals surface area contributed by atoms with Crippen molar-refractivity contribution >= 4 is 11.9 Å². The number of alkyl halides is 6. The first-order valence-electron chi connectivity index (χ1n) is 10.6. The Balaban J connectivity index is 0.000000271. The number of furan rings is 1. The maximum absolute atomic E-state index is 10.6. The van der Waals surface area contributed by atoms with Gasteiger partial charge in [-0.2, -0.15) is 31.4 Å². The molecule has 2 aliphatic rings. The molecule has 36 heavy (non-hydrogen) atoms. The van der Waals surface area contributed by atoms with E-state index >= 15 is 0 Å². The van der Waals surface area contributed by atoms with Crippen LogP contribution in [0, 0.1) is 5.92 Å². The molecule has 2 aromatic rings. The molecule has 1 aliphatic heterocycles. The molecule has 0 bridgehead atoms. The SMILES string of the molecule is Cn1ncc2c1C(COCC1CC1)N(Cc1ccoc1)CC2.O=C(O)C(F)(F)F.O=C(O)C(F)(F)F. The summed E-state index contributed by atoms with van der Waals surface area (Å²) in [7, 11) is 2.04. The molecule has 0 amide bonds. The highest BCUT2D eigenvalue weighted by Crippen LogP contribution is 2.33. The number of rotatable bonds is 6. The van der Waals surface area contributed by atoms with Crippen molar-refractivity contribution in [3.05, 3.63) is 41.6 Å². The third-order valence-electron chi connectivity index (χ3n) is 5.27. The zero-order chi connectivity index (χ0) is 27.1. The van der Waals surface area contributed by atoms with Crippen LogP contribution in [0.2, 0.25) is 0 Å². The van der Waals surface area contributed by atoms with Crippen LogP contribution in [0.25, 0.3) is 0 Å². The Morgan fingerprint density at radius 1 is 1.11 bits per heavy atom. The van der Waals surface area contributed by atoms with Crippen LogP contribution in [0.1, 0.15) is 35.7 Å². The highest BCUT2D eigenvalue weighted by molar-refractivity contribution is 5.73. The molecule has 1 unspecified atom stereocenters. The summed E-state index contributed by atoms with van der Waals surface area (Å²) in [6.45, 7) is 3.60. The van der Waals surface area contributed by atoms with Gasteiger partial charge in [-0.3, -0.25) is 9.58 Å². The van der Waals surface area contributed by atoms with Gasteiger partial charge in [0, 0.05) is 32.3 Å². The van der Waals surface area contributed by atoms with Crippen molar-refractivity contribution < 1.29 is 55.3 Å². The van der Waals surface area contributed by atoms with E-state index in [4.69, 9.17) is 29.0 Å². The summed E-state index contributed by atoms with van der Waals surface area (Å²) in [5.41, 5.74) is 3.90. The topological polar surface area (TPSA) is 118 Å². The van der Waals surface area contributed by atoms with Gasteiger partial charge in [-0.25, -0.2) is 9.59 Å². The number of halogens is 6. The van der Waals surface area contributed by atoms with Crippen LogP contribution in [0.4, 0.5) is 26.3 Å². The van der Waals surface area contributed by atoms with E-state index in [1.165, 1.54) is 29.7 Å². The first kappa shape index (κ1) is 29.2. The van der Waals surface area contributed by atoms with Crippen LogP contribution in [0.3, 0.4) is 0 Å². The van der Waals surface area contributed by atoms with Gasteiger partial charge in [-0.05, 0) is 36.8 Å². The molecule has 1 atom stereocenters. The van der Waals surface area contributed by atoms with E-state index in [9.17, 15) is 26.3 Å². The number of hydrogen-bond acceptors (Lipinski definition) is 6. The normalized spacial score (nSPS) is 17.8. The van der Waals surface area contributed by atoms with E-state index in [0.717, 1.165) is 38.6 Å². The number of ether oxygens (including phenoxy) is 1. The summed E-state index contributed by atoms with van der Waals surface area (Å²) in [5, 5.41) is 18.7. The van der Waals surface area contributed by atoms with Gasteiger partial charge < -0.3 is 19.4 Å². The molecule has 0 radical (unpaired) electrons. The third-order valence-corrected chi connectivity index (χ3v) is 5.27. The zero-order valence-electron chi connectivity index (χ0n) is 19.1. The van der Waals surface area contributed by atoms with Gasteiger partial charge >= 0.3 is 24.3 Å². The van der Waals surface area contributed by atoms with Crippen molar-refractivity contribution in [2.24, 2.45) is 13.0 Å². The third kappa shape index (κ3) is 9.18. The lowest BCUT2D eigenvalue weighted by atomic mass is 9.99. The van der Waals surface area contributed by atoms with Crippen molar-refractivity contribution in [2.75, 3.05) is 19.8 Å². The van der Waals surface area contributed by atoms with E-state index in [0.29, 0.717) is 0 Å². The molecule has 3 heterocycles. The molecule has 15 heteroatoms. The summed E-state index contributed by atoms with van der Waals surface area (Å²) in [6, 6.07) is 2.32. The van der Waals surface area contributed by atoms with E-state index < -0.39 is 24.3 Å². The number of fused-ring (bicyclic) bond motifs is 1. The number of carboxylic acids is 2. The predicted octanol–water partition coefficient (Wildman–Crippen LogP) is 3.81. The molecule has 0 aromatic carbocycles. The first-order valence-corrected chi connectivity index (χ1v) is 10.6. The monoisotopic (exact) mass is 529 g/mol. The fourth-order valence-electron chi connectivity index (χ4n) is 3.33. The fourth-order valence-corrected chi connectivity index (χ4v) is 3.33. The minimum atomic E-state index is -5.08. The highest BCUT2D eigenvalue weighted by Gasteiger charge is 2.39. The van der Waals surface area contributed by atoms with Crippen LogP contribution >= 0.6 is 0 Å². The van der Waals surface area contributed by atoms with Crippen LogP contribution in [-0.2, 0) is 34.3 Å². The van der Waals surface area contributed by atoms with E-state index in [1.54, 1.807) is 6.26 Å². The van der Waals surface area contributed by atoms with Crippen molar-refractivity contribution in [3.8, 4) is 0 Å². The standard InChI is InChI=1S/C17H23N3O2.2C2HF3O2/c1-19-17-15(8-18-19)4-6-20(9-14-5-7-21-11-14)16(17)12-22-10-13-2-3-13;2*3-2(4,5)1(6)7/h5,7-8,11,13,16H,2-4,6,9-10,12H2,1H3;2*(H,6,7). The summed E-state index contributed by atoms with van der Waals surface area (Å²) in [5.74, 6) is -4.71. The Kier molecular flexibility index (Phi) is 9.93. The predicted molar refractivity (Wildman–Crippen MR) is 110 cm³/mol. The van der Waals surface area contributed by atoms with Crippen LogP contribution in [-0.4, -0.2) is 68.9 Å². The Labute approximate surface area is 201 Å². The summed E-state index contributed by atoms with van der Waals surface area (Å²) < 4.78 is 76.7. The zero-order valence-corrected chi connectivity index (χ0v) is 19.1. The number of nitrogens with zero attached hydrogens (tertiary/aromatic N) is 3. The molecule has 2 N–H and O–H groups in total. The van der Waals surface area contributed by atoms with Crippen molar-refractivity contribution in [2.45, 2.75) is 44.2 Å². The lowest BCUT2D eigenvalue weighted by molar-refractivity contribution is -0.193. The van der Waals surface area contributed by atoms with Crippen LogP contribution < -0.4 is 0 Å². The Morgan fingerprint density at radius 2 is 1.69 bits per heavy atom. The minimum absolute atomic E-state index is 0.282. The van der Waals surface area contributed by atoms with Crippen molar-refractivity contribution in [1.82, 2.24) is 14.7 Å². The minimum Gasteiger partial charge on any atom is -0.475 e. The molecule has 1 fully saturated rings. The van der Waals surface area contributed by atoms with E-state index in [2.05, 4.69) is 10.00 Å². The number of aromatic nitrogens is 2. The van der Waals surface area contributed by atoms with Gasteiger partial charge in [0.1, 0.15) is 0 Å². The van der Waals surface area contributed by atoms with E-state index in [1.807, 2.05) is 30.3 Å². The largest absolute Gasteiger partial charge is 0.490 e. The van der Waals surface area contributed by atoms with Crippen LogP contribution in [0.15, 0.2) is 29.2 Å². The first-order chi connectivity index (χ1) is 16.7. The average Bonchev–Trinajstić information content (AvgIpc) is 3.30. The van der Waals surface area contributed by atoms with Gasteiger partial charge in [-0.15, -0.1) is 0 Å². The summed E-state index contributed by atoms with van der Waals surface area (Å²) in [4.78, 5) is 20.3. The smallest absolute Gasteiger partial charge is 0.475 e. The number of aryl methyl sites for hydroxylation is 1. The molecule has 0 spiro atoms. The highest BCUT2D eigenvalue weighted by atomic mass is 19.4. The fraction of sp³-hybridized carbons (Fsp3) is 0.571. The molecule has 1 saturated carbocycles. The number of aliphatic carboxylic acids is 2.